The number of rotatable bonds is 2. The molecular formula is C8H14O6S. The van der Waals surface area contributed by atoms with E-state index >= 15 is 0 Å². The largest absolute Gasteiger partial charge is 0.513 e. The minimum absolute atomic E-state index is 0.0993. The zero-order valence-electron chi connectivity index (χ0n) is 8.29. The van der Waals surface area contributed by atoms with Crippen LogP contribution in [0.3, 0.4) is 0 Å². The third-order valence-electron chi connectivity index (χ3n) is 1.68. The minimum atomic E-state index is -3.05. The summed E-state index contributed by atoms with van der Waals surface area (Å²) in [6, 6.07) is 0. The molecule has 0 spiro atoms. The standard InChI is InChI=1S/C8H14O6S/c1-2-4-12-8(9)14-7-3-5-13-15(10,11)6-7/h2,4,7,10-11H,3,5-6H2,1H3. The molecule has 0 bridgehead atoms. The van der Waals surface area contributed by atoms with Crippen LogP contribution in [0.15, 0.2) is 12.3 Å². The first kappa shape index (κ1) is 12.3. The maximum atomic E-state index is 11.0. The average molecular weight is 238 g/mol. The molecule has 1 unspecified atom stereocenters. The van der Waals surface area contributed by atoms with E-state index in [1.165, 1.54) is 6.26 Å². The molecule has 1 rings (SSSR count). The smallest absolute Gasteiger partial charge is 0.430 e. The molecule has 0 aromatic heterocycles. The number of carbonyl (C=O) groups excluding carboxylic acids is 1. The van der Waals surface area contributed by atoms with Gasteiger partial charge in [0, 0.05) is 6.42 Å². The molecule has 88 valence electrons. The average Bonchev–Trinajstić information content (AvgIpc) is 2.13. The van der Waals surface area contributed by atoms with E-state index in [1.54, 1.807) is 13.0 Å². The summed E-state index contributed by atoms with van der Waals surface area (Å²) in [5, 5.41) is 0. The first-order chi connectivity index (χ1) is 7.03. The molecule has 1 aliphatic rings. The van der Waals surface area contributed by atoms with Gasteiger partial charge in [-0.3, -0.25) is 4.18 Å². The van der Waals surface area contributed by atoms with Crippen molar-refractivity contribution in [1.82, 2.24) is 0 Å². The molecule has 0 saturated carbocycles. The van der Waals surface area contributed by atoms with Gasteiger partial charge in [0.2, 0.25) is 0 Å². The van der Waals surface area contributed by atoms with E-state index < -0.39 is 23.1 Å². The Hall–Kier alpha value is -0.760. The van der Waals surface area contributed by atoms with Crippen molar-refractivity contribution in [2.24, 2.45) is 0 Å². The van der Waals surface area contributed by atoms with E-state index in [9.17, 15) is 13.9 Å². The van der Waals surface area contributed by atoms with Crippen LogP contribution in [0.5, 0.6) is 0 Å². The van der Waals surface area contributed by atoms with Crippen molar-refractivity contribution in [3.05, 3.63) is 12.3 Å². The van der Waals surface area contributed by atoms with Gasteiger partial charge in [-0.25, -0.2) is 4.79 Å². The zero-order chi connectivity index (χ0) is 11.3. The second-order valence-electron chi connectivity index (χ2n) is 2.96. The van der Waals surface area contributed by atoms with Gasteiger partial charge < -0.3 is 18.6 Å². The highest BCUT2D eigenvalue weighted by molar-refractivity contribution is 8.20. The quantitative estimate of drug-likeness (QED) is 0.566. The van der Waals surface area contributed by atoms with Gasteiger partial charge in [-0.15, -0.1) is 0 Å². The second kappa shape index (κ2) is 5.36. The number of allylic oxidation sites excluding steroid dienone is 1. The van der Waals surface area contributed by atoms with Gasteiger partial charge in [-0.1, -0.05) is 6.08 Å². The number of carbonyl (C=O) groups is 1. The van der Waals surface area contributed by atoms with Gasteiger partial charge >= 0.3 is 6.16 Å². The summed E-state index contributed by atoms with van der Waals surface area (Å²) in [5.41, 5.74) is 0. The molecule has 1 saturated heterocycles. The lowest BCUT2D eigenvalue weighted by atomic mass is 10.3. The third kappa shape index (κ3) is 4.52. The highest BCUT2D eigenvalue weighted by Gasteiger charge is 2.31. The van der Waals surface area contributed by atoms with Crippen molar-refractivity contribution in [2.45, 2.75) is 19.4 Å². The number of hydrogen-bond acceptors (Lipinski definition) is 6. The normalized spacial score (nSPS) is 27.3. The van der Waals surface area contributed by atoms with Gasteiger partial charge in [0.15, 0.2) is 0 Å². The van der Waals surface area contributed by atoms with Gasteiger partial charge in [-0.05, 0) is 6.92 Å². The van der Waals surface area contributed by atoms with Crippen LogP contribution in [0.25, 0.3) is 0 Å². The van der Waals surface area contributed by atoms with Crippen LogP contribution in [-0.4, -0.2) is 33.7 Å². The van der Waals surface area contributed by atoms with Crippen LogP contribution in [0.1, 0.15) is 13.3 Å². The van der Waals surface area contributed by atoms with Crippen molar-refractivity contribution >= 4 is 17.0 Å². The van der Waals surface area contributed by atoms with Crippen LogP contribution in [0, 0.1) is 0 Å². The molecule has 0 aliphatic carbocycles. The van der Waals surface area contributed by atoms with E-state index in [0.29, 0.717) is 6.42 Å². The Morgan fingerprint density at radius 1 is 1.60 bits per heavy atom. The van der Waals surface area contributed by atoms with Crippen molar-refractivity contribution in [3.63, 3.8) is 0 Å². The summed E-state index contributed by atoms with van der Waals surface area (Å²) in [4.78, 5) is 11.0. The zero-order valence-corrected chi connectivity index (χ0v) is 9.11. The summed E-state index contributed by atoms with van der Waals surface area (Å²) in [7, 11) is -3.05. The maximum Gasteiger partial charge on any atom is 0.513 e. The van der Waals surface area contributed by atoms with Crippen LogP contribution in [-0.2, 0) is 13.7 Å². The summed E-state index contributed by atoms with van der Waals surface area (Å²) in [6.45, 7) is 1.85. The Morgan fingerprint density at radius 2 is 2.33 bits per heavy atom. The minimum Gasteiger partial charge on any atom is -0.430 e. The van der Waals surface area contributed by atoms with Crippen molar-refractivity contribution in [1.29, 1.82) is 0 Å². The molecule has 0 aromatic rings. The maximum absolute atomic E-state index is 11.0. The fourth-order valence-corrected chi connectivity index (χ4v) is 2.25. The van der Waals surface area contributed by atoms with Gasteiger partial charge in [-0.2, -0.15) is 0 Å². The highest BCUT2D eigenvalue weighted by atomic mass is 32.3. The van der Waals surface area contributed by atoms with Gasteiger partial charge in [0.05, 0.1) is 29.5 Å². The summed E-state index contributed by atoms with van der Waals surface area (Å²) in [6.07, 6.45) is 1.75. The van der Waals surface area contributed by atoms with Crippen LogP contribution >= 0.6 is 10.9 Å². The molecule has 2 N–H and O–H groups in total. The van der Waals surface area contributed by atoms with E-state index in [0.717, 1.165) is 0 Å². The molecule has 0 aromatic carbocycles. The Labute approximate surface area is 89.4 Å². The molecule has 1 heterocycles. The molecule has 1 atom stereocenters. The van der Waals surface area contributed by atoms with E-state index in [1.807, 2.05) is 0 Å². The Balaban J connectivity index is 2.35. The molecule has 0 radical (unpaired) electrons. The Bertz CT molecular complexity index is 252. The lowest BCUT2D eigenvalue weighted by Gasteiger charge is -2.34. The first-order valence-electron chi connectivity index (χ1n) is 4.42. The topological polar surface area (TPSA) is 85.2 Å². The highest BCUT2D eigenvalue weighted by Crippen LogP contribution is 2.44. The number of ether oxygens (including phenoxy) is 2. The molecular weight excluding hydrogens is 224 g/mol. The first-order valence-corrected chi connectivity index (χ1v) is 6.06. The molecule has 0 amide bonds. The second-order valence-corrected chi connectivity index (χ2v) is 4.74. The Kier molecular flexibility index (Phi) is 4.40. The van der Waals surface area contributed by atoms with Gasteiger partial charge in [0.25, 0.3) is 0 Å². The van der Waals surface area contributed by atoms with Crippen molar-refractivity contribution in [2.75, 3.05) is 12.4 Å². The monoisotopic (exact) mass is 238 g/mol. The fourth-order valence-electron chi connectivity index (χ4n) is 1.07. The van der Waals surface area contributed by atoms with E-state index in [4.69, 9.17) is 8.92 Å². The summed E-state index contributed by atoms with van der Waals surface area (Å²) < 4.78 is 32.5. The van der Waals surface area contributed by atoms with E-state index in [-0.39, 0.29) is 12.4 Å². The summed E-state index contributed by atoms with van der Waals surface area (Å²) in [5.74, 6) is -0.0993. The Morgan fingerprint density at radius 3 is 2.93 bits per heavy atom. The summed E-state index contributed by atoms with van der Waals surface area (Å²) >= 11 is 0. The number of hydrogen-bond donors (Lipinski definition) is 2. The lowest BCUT2D eigenvalue weighted by Crippen LogP contribution is -2.31. The van der Waals surface area contributed by atoms with Crippen LogP contribution in [0.4, 0.5) is 4.79 Å². The predicted octanol–water partition coefficient (Wildman–Crippen LogP) is 2.13. The molecule has 1 aliphatic heterocycles. The van der Waals surface area contributed by atoms with E-state index in [2.05, 4.69) is 4.74 Å². The lowest BCUT2D eigenvalue weighted by molar-refractivity contribution is 0.0367. The van der Waals surface area contributed by atoms with Crippen LogP contribution in [0.2, 0.25) is 0 Å². The third-order valence-corrected chi connectivity index (χ3v) is 3.03. The molecule has 7 heteroatoms. The van der Waals surface area contributed by atoms with Gasteiger partial charge in [0.1, 0.15) is 6.10 Å². The molecule has 6 nitrogen and oxygen atoms in total. The molecule has 15 heavy (non-hydrogen) atoms. The SMILES string of the molecule is CC=COC(=O)OC1CCOS(O)(O)C1. The van der Waals surface area contributed by atoms with Crippen molar-refractivity contribution in [3.8, 4) is 0 Å². The van der Waals surface area contributed by atoms with Crippen molar-refractivity contribution < 1.29 is 27.6 Å². The predicted molar refractivity (Wildman–Crippen MR) is 54.5 cm³/mol. The molecule has 1 fully saturated rings. The fraction of sp³-hybridized carbons (Fsp3) is 0.625. The van der Waals surface area contributed by atoms with Crippen LogP contribution < -0.4 is 0 Å².